The molecule has 124 valence electrons. The number of allylic oxidation sites excluding steroid dienone is 4. The van der Waals surface area contributed by atoms with E-state index >= 15 is 0 Å². The van der Waals surface area contributed by atoms with Crippen molar-refractivity contribution in [3.63, 3.8) is 0 Å². The first-order valence-electron chi connectivity index (χ1n) is 7.96. The number of hydrogen-bond donors (Lipinski definition) is 1. The monoisotopic (exact) mass is 344 g/mol. The summed E-state index contributed by atoms with van der Waals surface area (Å²) in [6.07, 6.45) is 6.52. The average Bonchev–Trinajstić information content (AvgIpc) is 2.62. The van der Waals surface area contributed by atoms with Gasteiger partial charge < -0.3 is 14.7 Å². The van der Waals surface area contributed by atoms with Crippen molar-refractivity contribution in [1.29, 1.82) is 0 Å². The Morgan fingerprint density at radius 3 is 2.71 bits per heavy atom. The van der Waals surface area contributed by atoms with Crippen molar-refractivity contribution in [2.45, 2.75) is 12.8 Å². The first-order valence-corrected chi connectivity index (χ1v) is 8.33. The number of anilines is 1. The Labute approximate surface area is 144 Å². The molecule has 1 aliphatic heterocycles. The molecule has 24 heavy (non-hydrogen) atoms. The van der Waals surface area contributed by atoms with Crippen LogP contribution in [0.15, 0.2) is 30.2 Å². The van der Waals surface area contributed by atoms with E-state index in [2.05, 4.69) is 14.9 Å². The van der Waals surface area contributed by atoms with Crippen LogP contribution in [0.4, 0.5) is 5.82 Å². The van der Waals surface area contributed by atoms with E-state index < -0.39 is 0 Å². The maximum atomic E-state index is 9.57. The number of aliphatic hydroxyl groups is 1. The van der Waals surface area contributed by atoms with Gasteiger partial charge in [0.15, 0.2) is 11.6 Å². The molecule has 2 aromatic heterocycles. The van der Waals surface area contributed by atoms with E-state index in [-0.39, 0.29) is 0 Å². The molecule has 0 atom stereocenters. The Morgan fingerprint density at radius 1 is 1.12 bits per heavy atom. The summed E-state index contributed by atoms with van der Waals surface area (Å²) in [5.74, 6) is 1.86. The van der Waals surface area contributed by atoms with Crippen molar-refractivity contribution in [2.24, 2.45) is 0 Å². The van der Waals surface area contributed by atoms with Gasteiger partial charge in [0.25, 0.3) is 0 Å². The molecule has 3 heterocycles. The van der Waals surface area contributed by atoms with Crippen LogP contribution in [0, 0.1) is 0 Å². The molecule has 0 spiro atoms. The fraction of sp³-hybridized carbons (Fsp3) is 0.353. The smallest absolute Gasteiger partial charge is 0.159 e. The van der Waals surface area contributed by atoms with Crippen molar-refractivity contribution in [2.75, 3.05) is 31.2 Å². The van der Waals surface area contributed by atoms with E-state index in [1.807, 2.05) is 12.1 Å². The van der Waals surface area contributed by atoms with Crippen molar-refractivity contribution < 1.29 is 9.84 Å². The minimum absolute atomic E-state index is 0.387. The number of hydrogen-bond acceptors (Lipinski definition) is 6. The topological polar surface area (TPSA) is 71.4 Å². The van der Waals surface area contributed by atoms with Gasteiger partial charge in [-0.25, -0.2) is 15.0 Å². The lowest BCUT2D eigenvalue weighted by Crippen LogP contribution is -2.37. The molecular formula is C17H17ClN4O2. The Balaban J connectivity index is 1.86. The summed E-state index contributed by atoms with van der Waals surface area (Å²) >= 11 is 6.10. The third kappa shape index (κ3) is 2.95. The normalized spacial score (nSPS) is 18.5. The maximum absolute atomic E-state index is 9.57. The Morgan fingerprint density at radius 2 is 1.96 bits per heavy atom. The number of aromatic nitrogens is 3. The second kappa shape index (κ2) is 6.37. The minimum atomic E-state index is 0.387. The zero-order valence-electron chi connectivity index (χ0n) is 13.1. The third-order valence-corrected chi connectivity index (χ3v) is 4.42. The third-order valence-electron chi connectivity index (χ3n) is 4.21. The van der Waals surface area contributed by atoms with Crippen LogP contribution in [-0.2, 0) is 4.74 Å². The maximum Gasteiger partial charge on any atom is 0.159 e. The molecule has 0 amide bonds. The number of halogens is 1. The summed E-state index contributed by atoms with van der Waals surface area (Å²) in [6, 6.07) is 1.82. The van der Waals surface area contributed by atoms with Gasteiger partial charge in [-0.15, -0.1) is 0 Å². The van der Waals surface area contributed by atoms with Crippen LogP contribution in [0.5, 0.6) is 0 Å². The van der Waals surface area contributed by atoms with Gasteiger partial charge in [-0.3, -0.25) is 0 Å². The molecule has 0 saturated carbocycles. The van der Waals surface area contributed by atoms with Crippen molar-refractivity contribution in [3.05, 3.63) is 41.0 Å². The van der Waals surface area contributed by atoms with E-state index in [9.17, 15) is 5.11 Å². The Bertz CT molecular complexity index is 844. The van der Waals surface area contributed by atoms with Gasteiger partial charge in [-0.05, 0) is 24.1 Å². The predicted octanol–water partition coefficient (Wildman–Crippen LogP) is 3.13. The van der Waals surface area contributed by atoms with E-state index in [4.69, 9.17) is 21.3 Å². The fourth-order valence-electron chi connectivity index (χ4n) is 2.93. The van der Waals surface area contributed by atoms with Gasteiger partial charge in [0, 0.05) is 25.7 Å². The van der Waals surface area contributed by atoms with Gasteiger partial charge in [-0.1, -0.05) is 17.7 Å². The molecule has 6 nitrogen and oxygen atoms in total. The van der Waals surface area contributed by atoms with Crippen molar-refractivity contribution >= 4 is 34.0 Å². The highest BCUT2D eigenvalue weighted by Gasteiger charge is 2.20. The van der Waals surface area contributed by atoms with Crippen molar-refractivity contribution in [1.82, 2.24) is 15.0 Å². The standard InChI is InChI=1S/C17H17ClN4O2/c18-12-9-14-15(19-10-12)17(22-5-7-24-8-6-22)21-16(20-14)11-1-3-13(23)4-2-11/h1,3,9-10,23H,2,4-8H2. The lowest BCUT2D eigenvalue weighted by molar-refractivity contribution is 0.122. The van der Waals surface area contributed by atoms with Crippen LogP contribution in [0.25, 0.3) is 16.6 Å². The number of ether oxygens (including phenoxy) is 1. The molecule has 1 aliphatic carbocycles. The summed E-state index contributed by atoms with van der Waals surface area (Å²) in [5, 5.41) is 10.1. The number of rotatable bonds is 2. The number of aliphatic hydroxyl groups excluding tert-OH is 1. The van der Waals surface area contributed by atoms with Crippen LogP contribution >= 0.6 is 11.6 Å². The molecule has 1 N–H and O–H groups in total. The summed E-state index contributed by atoms with van der Waals surface area (Å²) in [4.78, 5) is 16.0. The number of nitrogens with zero attached hydrogens (tertiary/aromatic N) is 4. The second-order valence-corrected chi connectivity index (χ2v) is 6.28. The highest BCUT2D eigenvalue weighted by molar-refractivity contribution is 6.31. The predicted molar refractivity (Wildman–Crippen MR) is 93.3 cm³/mol. The Kier molecular flexibility index (Phi) is 4.08. The fourth-order valence-corrected chi connectivity index (χ4v) is 3.08. The molecule has 1 saturated heterocycles. The second-order valence-electron chi connectivity index (χ2n) is 5.84. The largest absolute Gasteiger partial charge is 0.512 e. The first-order chi connectivity index (χ1) is 11.7. The lowest BCUT2D eigenvalue weighted by atomic mass is 10.0. The summed E-state index contributed by atoms with van der Waals surface area (Å²) in [7, 11) is 0. The van der Waals surface area contributed by atoms with Crippen LogP contribution < -0.4 is 4.90 Å². The zero-order valence-corrected chi connectivity index (χ0v) is 13.8. The van der Waals surface area contributed by atoms with Gasteiger partial charge >= 0.3 is 0 Å². The van der Waals surface area contributed by atoms with Crippen LogP contribution in [0.1, 0.15) is 18.7 Å². The molecular weight excluding hydrogens is 328 g/mol. The summed E-state index contributed by atoms with van der Waals surface area (Å²) < 4.78 is 5.44. The molecule has 0 unspecified atom stereocenters. The van der Waals surface area contributed by atoms with Crippen LogP contribution in [0.3, 0.4) is 0 Å². The number of fused-ring (bicyclic) bond motifs is 1. The summed E-state index contributed by atoms with van der Waals surface area (Å²) in [5.41, 5.74) is 2.48. The van der Waals surface area contributed by atoms with Crippen molar-refractivity contribution in [3.8, 4) is 0 Å². The molecule has 7 heteroatoms. The van der Waals surface area contributed by atoms with Gasteiger partial charge in [0.1, 0.15) is 5.52 Å². The van der Waals surface area contributed by atoms with E-state index in [1.165, 1.54) is 0 Å². The van der Waals surface area contributed by atoms with Crippen LogP contribution in [0.2, 0.25) is 5.02 Å². The molecule has 0 aromatic carbocycles. The Hall–Kier alpha value is -2.18. The lowest BCUT2D eigenvalue weighted by Gasteiger charge is -2.28. The summed E-state index contributed by atoms with van der Waals surface area (Å²) in [6.45, 7) is 2.90. The molecule has 4 rings (SSSR count). The molecule has 2 aliphatic rings. The quantitative estimate of drug-likeness (QED) is 0.902. The van der Waals surface area contributed by atoms with Gasteiger partial charge in [-0.2, -0.15) is 0 Å². The first kappa shape index (κ1) is 15.4. The minimum Gasteiger partial charge on any atom is -0.512 e. The number of pyridine rings is 1. The highest BCUT2D eigenvalue weighted by atomic mass is 35.5. The number of morpholine rings is 1. The molecule has 2 aromatic rings. The SMILES string of the molecule is OC1=CC=C(c2nc(N3CCOCC3)c3ncc(Cl)cc3n2)CC1. The average molecular weight is 345 g/mol. The molecule has 0 bridgehead atoms. The van der Waals surface area contributed by atoms with E-state index in [0.717, 1.165) is 35.5 Å². The molecule has 0 radical (unpaired) electrons. The molecule has 1 fully saturated rings. The van der Waals surface area contributed by atoms with Crippen LogP contribution in [-0.4, -0.2) is 46.4 Å². The zero-order chi connectivity index (χ0) is 16.5. The van der Waals surface area contributed by atoms with Gasteiger partial charge in [0.2, 0.25) is 0 Å². The highest BCUT2D eigenvalue weighted by Crippen LogP contribution is 2.29. The van der Waals surface area contributed by atoms with Gasteiger partial charge in [0.05, 0.1) is 29.5 Å². The van der Waals surface area contributed by atoms with E-state index in [1.54, 1.807) is 12.3 Å². The van der Waals surface area contributed by atoms with E-state index in [0.29, 0.717) is 42.7 Å².